The second-order valence-corrected chi connectivity index (χ2v) is 5.74. The Morgan fingerprint density at radius 3 is 2.79 bits per heavy atom. The highest BCUT2D eigenvalue weighted by Crippen LogP contribution is 2.35. The average molecular weight is 265 g/mol. The normalized spacial score (nSPS) is 27.6. The third-order valence-corrected chi connectivity index (χ3v) is 4.49. The van der Waals surface area contributed by atoms with Crippen LogP contribution in [0.25, 0.3) is 0 Å². The molecule has 1 fully saturated rings. The molecular formula is C15H27N3O. The highest BCUT2D eigenvalue weighted by molar-refractivity contribution is 4.88. The lowest BCUT2D eigenvalue weighted by Crippen LogP contribution is -2.44. The summed E-state index contributed by atoms with van der Waals surface area (Å²) in [6, 6.07) is 0. The van der Waals surface area contributed by atoms with Crippen LogP contribution < -0.4 is 5.73 Å². The number of aryl methyl sites for hydroxylation is 1. The zero-order chi connectivity index (χ0) is 13.6. The van der Waals surface area contributed by atoms with Gasteiger partial charge in [-0.2, -0.15) is 0 Å². The molecule has 0 aliphatic heterocycles. The summed E-state index contributed by atoms with van der Waals surface area (Å²) >= 11 is 0. The number of rotatable bonds is 7. The third kappa shape index (κ3) is 4.05. The smallest absolute Gasteiger partial charge is 0.0945 e. The van der Waals surface area contributed by atoms with Crippen molar-refractivity contribution in [2.24, 2.45) is 11.7 Å². The fourth-order valence-corrected chi connectivity index (χ4v) is 2.97. The lowest BCUT2D eigenvalue weighted by molar-refractivity contribution is -0.0729. The molecule has 0 aromatic carbocycles. The first-order chi connectivity index (χ1) is 9.28. The van der Waals surface area contributed by atoms with Gasteiger partial charge < -0.3 is 15.0 Å². The van der Waals surface area contributed by atoms with Crippen LogP contribution in [0.4, 0.5) is 0 Å². The lowest BCUT2D eigenvalue weighted by Gasteiger charge is -2.39. The van der Waals surface area contributed by atoms with Crippen LogP contribution >= 0.6 is 0 Å². The van der Waals surface area contributed by atoms with Crippen LogP contribution in [0.15, 0.2) is 18.7 Å². The number of hydrogen-bond donors (Lipinski definition) is 1. The van der Waals surface area contributed by atoms with Crippen LogP contribution in [-0.2, 0) is 11.3 Å². The van der Waals surface area contributed by atoms with Crippen LogP contribution in [0.5, 0.6) is 0 Å². The number of hydrogen-bond acceptors (Lipinski definition) is 3. The van der Waals surface area contributed by atoms with E-state index in [1.54, 1.807) is 0 Å². The van der Waals surface area contributed by atoms with Gasteiger partial charge in [0.1, 0.15) is 0 Å². The van der Waals surface area contributed by atoms with Gasteiger partial charge in [-0.05, 0) is 38.0 Å². The summed E-state index contributed by atoms with van der Waals surface area (Å²) < 4.78 is 8.24. The van der Waals surface area contributed by atoms with E-state index < -0.39 is 0 Å². The molecule has 1 aromatic rings. The second kappa shape index (κ2) is 7.06. The van der Waals surface area contributed by atoms with Crippen molar-refractivity contribution >= 4 is 0 Å². The number of ether oxygens (including phenoxy) is 1. The van der Waals surface area contributed by atoms with Gasteiger partial charge >= 0.3 is 0 Å². The van der Waals surface area contributed by atoms with Gasteiger partial charge in [-0.25, -0.2) is 4.98 Å². The van der Waals surface area contributed by atoms with Gasteiger partial charge in [-0.3, -0.25) is 0 Å². The molecule has 19 heavy (non-hydrogen) atoms. The molecular weight excluding hydrogens is 238 g/mol. The van der Waals surface area contributed by atoms with Crippen LogP contribution in [0, 0.1) is 5.92 Å². The van der Waals surface area contributed by atoms with Crippen molar-refractivity contribution in [3.8, 4) is 0 Å². The molecule has 1 aliphatic carbocycles. The van der Waals surface area contributed by atoms with Gasteiger partial charge in [-0.1, -0.05) is 13.3 Å². The largest absolute Gasteiger partial charge is 0.374 e. The van der Waals surface area contributed by atoms with Crippen molar-refractivity contribution in [1.29, 1.82) is 0 Å². The fourth-order valence-electron chi connectivity index (χ4n) is 2.97. The van der Waals surface area contributed by atoms with E-state index in [4.69, 9.17) is 10.5 Å². The Labute approximate surface area is 116 Å². The molecule has 0 bridgehead atoms. The van der Waals surface area contributed by atoms with E-state index in [2.05, 4.69) is 16.5 Å². The van der Waals surface area contributed by atoms with Gasteiger partial charge in [0.15, 0.2) is 0 Å². The Balaban J connectivity index is 1.70. The zero-order valence-electron chi connectivity index (χ0n) is 12.1. The first-order valence-corrected chi connectivity index (χ1v) is 7.58. The van der Waals surface area contributed by atoms with Gasteiger partial charge in [0.05, 0.1) is 11.9 Å². The van der Waals surface area contributed by atoms with E-state index in [0.717, 1.165) is 38.3 Å². The summed E-state index contributed by atoms with van der Waals surface area (Å²) in [5, 5.41) is 0. The van der Waals surface area contributed by atoms with Crippen molar-refractivity contribution in [2.45, 2.75) is 57.6 Å². The molecule has 0 unspecified atom stereocenters. The summed E-state index contributed by atoms with van der Waals surface area (Å²) in [6.45, 7) is 4.71. The van der Waals surface area contributed by atoms with E-state index in [1.165, 1.54) is 19.3 Å². The number of nitrogens with two attached hydrogens (primary N) is 1. The molecule has 0 saturated heterocycles. The highest BCUT2D eigenvalue weighted by Gasteiger charge is 2.34. The summed E-state index contributed by atoms with van der Waals surface area (Å²) in [5.74, 6) is 0.884. The van der Waals surface area contributed by atoms with Crippen molar-refractivity contribution in [1.82, 2.24) is 9.55 Å². The number of nitrogens with zero attached hydrogens (tertiary/aromatic N) is 2. The topological polar surface area (TPSA) is 53.1 Å². The van der Waals surface area contributed by atoms with Crippen molar-refractivity contribution in [3.63, 3.8) is 0 Å². The van der Waals surface area contributed by atoms with E-state index in [-0.39, 0.29) is 5.60 Å². The molecule has 4 nitrogen and oxygen atoms in total. The van der Waals surface area contributed by atoms with Gasteiger partial charge in [0.2, 0.25) is 0 Å². The highest BCUT2D eigenvalue weighted by atomic mass is 16.5. The Morgan fingerprint density at radius 2 is 2.21 bits per heavy atom. The quantitative estimate of drug-likeness (QED) is 0.771. The van der Waals surface area contributed by atoms with Crippen molar-refractivity contribution < 1.29 is 4.74 Å². The molecule has 4 heteroatoms. The average Bonchev–Trinajstić information content (AvgIpc) is 2.97. The predicted octanol–water partition coefficient (Wildman–Crippen LogP) is 2.59. The first kappa shape index (κ1) is 14.5. The molecule has 2 N–H and O–H groups in total. The molecule has 2 rings (SSSR count). The van der Waals surface area contributed by atoms with Crippen LogP contribution in [0.1, 0.15) is 45.4 Å². The minimum atomic E-state index is -0.0411. The maximum Gasteiger partial charge on any atom is 0.0945 e. The molecule has 1 saturated carbocycles. The predicted molar refractivity (Wildman–Crippen MR) is 76.8 cm³/mol. The molecule has 0 radical (unpaired) electrons. The number of imidazole rings is 1. The van der Waals surface area contributed by atoms with Crippen molar-refractivity contribution in [2.75, 3.05) is 13.2 Å². The summed E-state index contributed by atoms with van der Waals surface area (Å²) in [4.78, 5) is 4.04. The molecule has 1 aromatic heterocycles. The van der Waals surface area contributed by atoms with E-state index in [9.17, 15) is 0 Å². The van der Waals surface area contributed by atoms with Crippen molar-refractivity contribution in [3.05, 3.63) is 18.7 Å². The summed E-state index contributed by atoms with van der Waals surface area (Å²) in [5.41, 5.74) is 5.92. The van der Waals surface area contributed by atoms with Crippen LogP contribution in [0.2, 0.25) is 0 Å². The van der Waals surface area contributed by atoms with E-state index in [0.29, 0.717) is 6.54 Å². The van der Waals surface area contributed by atoms with Gasteiger partial charge in [0.25, 0.3) is 0 Å². The number of aromatic nitrogens is 2. The fraction of sp³-hybridized carbons (Fsp3) is 0.800. The Kier molecular flexibility index (Phi) is 5.40. The molecule has 108 valence electrons. The first-order valence-electron chi connectivity index (χ1n) is 7.58. The third-order valence-electron chi connectivity index (χ3n) is 4.49. The lowest BCUT2D eigenvalue weighted by atomic mass is 9.77. The van der Waals surface area contributed by atoms with E-state index in [1.807, 2.05) is 18.7 Å². The van der Waals surface area contributed by atoms with Crippen LogP contribution in [0.3, 0.4) is 0 Å². The Hall–Kier alpha value is -0.870. The standard InChI is InChI=1S/C15H27N3O/c1-2-14-4-6-15(12-16,7-5-14)19-11-3-9-18-10-8-17-13-18/h8,10,13-14H,2-7,9,11-12,16H2,1H3. The second-order valence-electron chi connectivity index (χ2n) is 5.74. The molecule has 0 atom stereocenters. The molecule has 0 spiro atoms. The monoisotopic (exact) mass is 265 g/mol. The minimum absolute atomic E-state index is 0.0411. The van der Waals surface area contributed by atoms with Gasteiger partial charge in [0, 0.05) is 32.1 Å². The maximum absolute atomic E-state index is 6.15. The molecule has 0 amide bonds. The SMILES string of the molecule is CCC1CCC(CN)(OCCCn2ccnc2)CC1. The minimum Gasteiger partial charge on any atom is -0.374 e. The summed E-state index contributed by atoms with van der Waals surface area (Å²) in [7, 11) is 0. The molecule has 1 aliphatic rings. The maximum atomic E-state index is 6.15. The van der Waals surface area contributed by atoms with Gasteiger partial charge in [-0.15, -0.1) is 0 Å². The van der Waals surface area contributed by atoms with Crippen LogP contribution in [-0.4, -0.2) is 28.3 Å². The zero-order valence-corrected chi connectivity index (χ0v) is 12.1. The van der Waals surface area contributed by atoms with E-state index >= 15 is 0 Å². The molecule has 1 heterocycles. The Morgan fingerprint density at radius 1 is 1.42 bits per heavy atom. The summed E-state index contributed by atoms with van der Waals surface area (Å²) in [6.07, 6.45) is 12.8. The Bertz CT molecular complexity index is 342.